The van der Waals surface area contributed by atoms with Crippen molar-refractivity contribution in [3.63, 3.8) is 0 Å². The summed E-state index contributed by atoms with van der Waals surface area (Å²) in [5, 5.41) is 3.49. The zero-order valence-corrected chi connectivity index (χ0v) is 13.4. The third-order valence-corrected chi connectivity index (χ3v) is 3.95. The van der Waals surface area contributed by atoms with Gasteiger partial charge in [-0.3, -0.25) is 0 Å². The van der Waals surface area contributed by atoms with Gasteiger partial charge in [-0.25, -0.2) is 0 Å². The molecule has 0 aliphatic heterocycles. The number of anilines is 1. The van der Waals surface area contributed by atoms with E-state index in [1.807, 2.05) is 0 Å². The van der Waals surface area contributed by atoms with Crippen molar-refractivity contribution in [2.45, 2.75) is 52.5 Å². The molecule has 0 radical (unpaired) electrons. The summed E-state index contributed by atoms with van der Waals surface area (Å²) in [6.07, 6.45) is 6.22. The molecule has 0 heterocycles. The average molecular weight is 281 g/mol. The first kappa shape index (κ1) is 15.6. The van der Waals surface area contributed by atoms with Crippen molar-refractivity contribution in [3.8, 4) is 0 Å². The number of nitrogens with one attached hydrogen (secondary N) is 1. The van der Waals surface area contributed by atoms with E-state index < -0.39 is 0 Å². The molecule has 0 amide bonds. The van der Waals surface area contributed by atoms with Crippen LogP contribution in [0.15, 0.2) is 48.5 Å². The molecule has 1 N–H and O–H groups in total. The molecule has 1 nitrogen and oxygen atoms in total. The fourth-order valence-electron chi connectivity index (χ4n) is 2.47. The van der Waals surface area contributed by atoms with Crippen LogP contribution >= 0.6 is 0 Å². The van der Waals surface area contributed by atoms with E-state index >= 15 is 0 Å². The molecule has 112 valence electrons. The quantitative estimate of drug-likeness (QED) is 0.622. The molecule has 2 aromatic rings. The van der Waals surface area contributed by atoms with Gasteiger partial charge in [0.1, 0.15) is 0 Å². The normalized spacial score (nSPS) is 10.6. The number of aryl methyl sites for hydroxylation is 2. The van der Waals surface area contributed by atoms with Gasteiger partial charge in [0, 0.05) is 12.2 Å². The summed E-state index contributed by atoms with van der Waals surface area (Å²) < 4.78 is 0. The maximum atomic E-state index is 3.49. The van der Waals surface area contributed by atoms with E-state index in [2.05, 4.69) is 67.7 Å². The van der Waals surface area contributed by atoms with Crippen LogP contribution in [0.4, 0.5) is 5.69 Å². The van der Waals surface area contributed by atoms with Gasteiger partial charge >= 0.3 is 0 Å². The van der Waals surface area contributed by atoms with E-state index in [0.717, 1.165) is 13.0 Å². The molecule has 0 atom stereocenters. The molecular formula is C20H27N. The summed E-state index contributed by atoms with van der Waals surface area (Å²) in [5.74, 6) is 0. The Morgan fingerprint density at radius 1 is 0.714 bits per heavy atom. The van der Waals surface area contributed by atoms with Crippen LogP contribution in [-0.4, -0.2) is 0 Å². The van der Waals surface area contributed by atoms with Crippen molar-refractivity contribution in [1.29, 1.82) is 0 Å². The lowest BCUT2D eigenvalue weighted by Crippen LogP contribution is -1.99. The molecule has 0 unspecified atom stereocenters. The summed E-state index contributed by atoms with van der Waals surface area (Å²) in [6.45, 7) is 5.33. The minimum absolute atomic E-state index is 0.888. The largest absolute Gasteiger partial charge is 0.381 e. The Balaban J connectivity index is 1.82. The molecular weight excluding hydrogens is 254 g/mol. The Kier molecular flexibility index (Phi) is 6.33. The summed E-state index contributed by atoms with van der Waals surface area (Å²) in [6, 6.07) is 17.7. The van der Waals surface area contributed by atoms with Crippen LogP contribution < -0.4 is 5.32 Å². The van der Waals surface area contributed by atoms with Crippen molar-refractivity contribution in [3.05, 3.63) is 65.2 Å². The molecule has 0 bridgehead atoms. The summed E-state index contributed by atoms with van der Waals surface area (Å²) in [5.41, 5.74) is 5.38. The lowest BCUT2D eigenvalue weighted by Gasteiger charge is -2.08. The van der Waals surface area contributed by atoms with E-state index in [4.69, 9.17) is 0 Å². The molecule has 0 aliphatic carbocycles. The van der Waals surface area contributed by atoms with E-state index in [0.29, 0.717) is 0 Å². The fourth-order valence-corrected chi connectivity index (χ4v) is 2.47. The van der Waals surface area contributed by atoms with Crippen molar-refractivity contribution >= 4 is 5.69 Å². The number of rotatable bonds is 8. The van der Waals surface area contributed by atoms with Gasteiger partial charge < -0.3 is 5.32 Å². The highest BCUT2D eigenvalue weighted by Crippen LogP contribution is 2.14. The zero-order chi connectivity index (χ0) is 14.9. The predicted molar refractivity (Wildman–Crippen MR) is 92.8 cm³/mol. The van der Waals surface area contributed by atoms with Crippen LogP contribution in [0.2, 0.25) is 0 Å². The molecule has 2 aromatic carbocycles. The summed E-state index contributed by atoms with van der Waals surface area (Å²) >= 11 is 0. The van der Waals surface area contributed by atoms with E-state index in [9.17, 15) is 0 Å². The SMILES string of the molecule is CCCCCc1ccc(NCc2ccc(CC)cc2)cc1. The number of hydrogen-bond donors (Lipinski definition) is 1. The lowest BCUT2D eigenvalue weighted by atomic mass is 10.1. The molecule has 0 saturated carbocycles. The van der Waals surface area contributed by atoms with Gasteiger partial charge in [0.05, 0.1) is 0 Å². The highest BCUT2D eigenvalue weighted by Gasteiger charge is 1.97. The van der Waals surface area contributed by atoms with Crippen molar-refractivity contribution in [2.75, 3.05) is 5.32 Å². The minimum atomic E-state index is 0.888. The van der Waals surface area contributed by atoms with Crippen LogP contribution in [0.5, 0.6) is 0 Å². The second-order valence-corrected chi connectivity index (χ2v) is 5.68. The highest BCUT2D eigenvalue weighted by atomic mass is 14.9. The van der Waals surface area contributed by atoms with E-state index in [1.165, 1.54) is 48.1 Å². The van der Waals surface area contributed by atoms with Gasteiger partial charge in [-0.1, -0.05) is 63.1 Å². The Morgan fingerprint density at radius 3 is 1.95 bits per heavy atom. The maximum absolute atomic E-state index is 3.49. The molecule has 1 heteroatoms. The average Bonchev–Trinajstić information content (AvgIpc) is 2.55. The summed E-state index contributed by atoms with van der Waals surface area (Å²) in [4.78, 5) is 0. The maximum Gasteiger partial charge on any atom is 0.0400 e. The number of hydrogen-bond acceptors (Lipinski definition) is 1. The monoisotopic (exact) mass is 281 g/mol. The van der Waals surface area contributed by atoms with Crippen LogP contribution in [-0.2, 0) is 19.4 Å². The molecule has 0 saturated heterocycles. The van der Waals surface area contributed by atoms with Crippen LogP contribution in [0.1, 0.15) is 49.8 Å². The standard InChI is InChI=1S/C20H27N/c1-3-5-6-7-18-12-14-20(15-13-18)21-16-19-10-8-17(4-2)9-11-19/h8-15,21H,3-7,16H2,1-2H3. The minimum Gasteiger partial charge on any atom is -0.381 e. The van der Waals surface area contributed by atoms with Gasteiger partial charge in [-0.15, -0.1) is 0 Å². The highest BCUT2D eigenvalue weighted by molar-refractivity contribution is 5.45. The topological polar surface area (TPSA) is 12.0 Å². The van der Waals surface area contributed by atoms with Gasteiger partial charge in [0.15, 0.2) is 0 Å². The molecule has 21 heavy (non-hydrogen) atoms. The predicted octanol–water partition coefficient (Wildman–Crippen LogP) is 5.59. The second kappa shape index (κ2) is 8.51. The van der Waals surface area contributed by atoms with Crippen LogP contribution in [0.25, 0.3) is 0 Å². The molecule has 2 rings (SSSR count). The van der Waals surface area contributed by atoms with Crippen molar-refractivity contribution in [1.82, 2.24) is 0 Å². The first-order chi connectivity index (χ1) is 10.3. The van der Waals surface area contributed by atoms with Crippen molar-refractivity contribution in [2.24, 2.45) is 0 Å². The molecule has 0 spiro atoms. The third kappa shape index (κ3) is 5.26. The smallest absolute Gasteiger partial charge is 0.0400 e. The van der Waals surface area contributed by atoms with Gasteiger partial charge in [0.25, 0.3) is 0 Å². The molecule has 0 aromatic heterocycles. The lowest BCUT2D eigenvalue weighted by molar-refractivity contribution is 0.717. The first-order valence-electron chi connectivity index (χ1n) is 8.22. The van der Waals surface area contributed by atoms with Gasteiger partial charge in [0.2, 0.25) is 0 Å². The van der Waals surface area contributed by atoms with Crippen LogP contribution in [0.3, 0.4) is 0 Å². The Bertz CT molecular complexity index is 511. The third-order valence-electron chi connectivity index (χ3n) is 3.95. The fraction of sp³-hybridized carbons (Fsp3) is 0.400. The summed E-state index contributed by atoms with van der Waals surface area (Å²) in [7, 11) is 0. The van der Waals surface area contributed by atoms with Gasteiger partial charge in [-0.05, 0) is 48.1 Å². The Labute approximate surface area is 129 Å². The Morgan fingerprint density at radius 2 is 1.33 bits per heavy atom. The number of unbranched alkanes of at least 4 members (excludes halogenated alkanes) is 2. The van der Waals surface area contributed by atoms with Crippen LogP contribution in [0, 0.1) is 0 Å². The van der Waals surface area contributed by atoms with E-state index in [1.54, 1.807) is 0 Å². The number of benzene rings is 2. The molecule has 0 fully saturated rings. The first-order valence-corrected chi connectivity index (χ1v) is 8.22. The Hall–Kier alpha value is -1.76. The van der Waals surface area contributed by atoms with E-state index in [-0.39, 0.29) is 0 Å². The van der Waals surface area contributed by atoms with Crippen molar-refractivity contribution < 1.29 is 0 Å². The zero-order valence-electron chi connectivity index (χ0n) is 13.4. The molecule has 0 aliphatic rings. The van der Waals surface area contributed by atoms with Gasteiger partial charge in [-0.2, -0.15) is 0 Å². The second-order valence-electron chi connectivity index (χ2n) is 5.68.